The Morgan fingerprint density at radius 2 is 1.87 bits per heavy atom. The van der Waals surface area contributed by atoms with Crippen LogP contribution in [0.15, 0.2) is 48.5 Å². The van der Waals surface area contributed by atoms with Gasteiger partial charge in [-0.15, -0.1) is 0 Å². The normalized spacial score (nSPS) is 17.6. The fourth-order valence-corrected chi connectivity index (χ4v) is 3.87. The molecule has 2 atom stereocenters. The third-order valence-corrected chi connectivity index (χ3v) is 5.61. The quantitative estimate of drug-likeness (QED) is 0.667. The molecule has 0 bridgehead atoms. The van der Waals surface area contributed by atoms with E-state index in [4.69, 9.17) is 9.47 Å². The van der Waals surface area contributed by atoms with Gasteiger partial charge >= 0.3 is 0 Å². The third kappa shape index (κ3) is 5.56. The van der Waals surface area contributed by atoms with E-state index in [2.05, 4.69) is 41.4 Å². The molecule has 5 nitrogen and oxygen atoms in total. The minimum atomic E-state index is -0.133. The minimum Gasteiger partial charge on any atom is -0.493 e. The Bertz CT molecular complexity index is 876. The van der Waals surface area contributed by atoms with Crippen LogP contribution in [-0.4, -0.2) is 33.2 Å². The van der Waals surface area contributed by atoms with Gasteiger partial charge in [-0.2, -0.15) is 0 Å². The van der Waals surface area contributed by atoms with E-state index in [0.29, 0.717) is 11.5 Å². The Kier molecular flexibility index (Phi) is 7.39. The first-order valence-electron chi connectivity index (χ1n) is 10.6. The summed E-state index contributed by atoms with van der Waals surface area (Å²) in [6.45, 7) is 6.55. The van der Waals surface area contributed by atoms with Gasteiger partial charge < -0.3 is 19.7 Å². The van der Waals surface area contributed by atoms with Crippen molar-refractivity contribution in [3.8, 4) is 11.5 Å². The zero-order chi connectivity index (χ0) is 21.5. The van der Waals surface area contributed by atoms with Gasteiger partial charge in [0.2, 0.25) is 5.91 Å². The zero-order valence-electron chi connectivity index (χ0n) is 18.4. The van der Waals surface area contributed by atoms with Gasteiger partial charge in [0, 0.05) is 24.9 Å². The number of hydrogen-bond donors (Lipinski definition) is 1. The molecule has 0 saturated carbocycles. The van der Waals surface area contributed by atoms with Crippen molar-refractivity contribution in [1.82, 2.24) is 5.32 Å². The number of anilines is 1. The number of carbonyl (C=O) groups excluding carboxylic acids is 1. The largest absolute Gasteiger partial charge is 0.493 e. The lowest BCUT2D eigenvalue weighted by molar-refractivity contribution is -0.117. The molecule has 1 aliphatic heterocycles. The van der Waals surface area contributed by atoms with Crippen LogP contribution in [0.3, 0.4) is 0 Å². The number of piperidine rings is 1. The van der Waals surface area contributed by atoms with Gasteiger partial charge in [0.1, 0.15) is 0 Å². The standard InChI is InChI=1S/C25H32N2O3/c1-18-6-5-15-27(17-18)22-11-9-21(10-12-22)19(2)26-25(28)14-8-20-7-13-23(29-3)24(16-20)30-4/h7-14,16,18-19H,5-6,15,17H2,1-4H3,(H,26,28)/b14-8+. The highest BCUT2D eigenvalue weighted by molar-refractivity contribution is 5.92. The molecule has 2 aromatic carbocycles. The van der Waals surface area contributed by atoms with Crippen LogP contribution in [0, 0.1) is 5.92 Å². The predicted octanol–water partition coefficient (Wildman–Crippen LogP) is 4.83. The first kappa shape index (κ1) is 21.8. The van der Waals surface area contributed by atoms with E-state index in [-0.39, 0.29) is 11.9 Å². The van der Waals surface area contributed by atoms with E-state index >= 15 is 0 Å². The molecule has 1 heterocycles. The summed E-state index contributed by atoms with van der Waals surface area (Å²) >= 11 is 0. The van der Waals surface area contributed by atoms with Crippen LogP contribution in [0.2, 0.25) is 0 Å². The first-order chi connectivity index (χ1) is 14.5. The number of nitrogens with zero attached hydrogens (tertiary/aromatic N) is 1. The van der Waals surface area contributed by atoms with Crippen molar-refractivity contribution in [2.45, 2.75) is 32.7 Å². The van der Waals surface area contributed by atoms with Crippen LogP contribution < -0.4 is 19.7 Å². The van der Waals surface area contributed by atoms with E-state index in [0.717, 1.165) is 30.1 Å². The monoisotopic (exact) mass is 408 g/mol. The summed E-state index contributed by atoms with van der Waals surface area (Å²) in [5.41, 5.74) is 3.23. The second kappa shape index (κ2) is 10.2. The van der Waals surface area contributed by atoms with Crippen LogP contribution in [0.4, 0.5) is 5.69 Å². The lowest BCUT2D eigenvalue weighted by Crippen LogP contribution is -2.34. The van der Waals surface area contributed by atoms with Gasteiger partial charge in [0.05, 0.1) is 20.3 Å². The molecule has 2 aromatic rings. The Hall–Kier alpha value is -2.95. The molecule has 1 aliphatic rings. The number of ether oxygens (including phenoxy) is 2. The summed E-state index contributed by atoms with van der Waals surface area (Å²) in [7, 11) is 3.19. The second-order valence-corrected chi connectivity index (χ2v) is 7.96. The Labute approximate surface area is 179 Å². The van der Waals surface area contributed by atoms with Crippen molar-refractivity contribution in [1.29, 1.82) is 0 Å². The van der Waals surface area contributed by atoms with E-state index < -0.39 is 0 Å². The SMILES string of the molecule is COc1ccc(/C=C/C(=O)NC(C)c2ccc(N3CCCC(C)C3)cc2)cc1OC. The number of rotatable bonds is 7. The molecule has 1 N–H and O–H groups in total. The maximum atomic E-state index is 12.4. The molecule has 1 amide bonds. The molecule has 160 valence electrons. The molecule has 0 aliphatic carbocycles. The maximum Gasteiger partial charge on any atom is 0.244 e. The van der Waals surface area contributed by atoms with Crippen LogP contribution in [-0.2, 0) is 4.79 Å². The van der Waals surface area contributed by atoms with Gasteiger partial charge in [0.25, 0.3) is 0 Å². The third-order valence-electron chi connectivity index (χ3n) is 5.61. The van der Waals surface area contributed by atoms with Crippen molar-refractivity contribution >= 4 is 17.7 Å². The lowest BCUT2D eigenvalue weighted by atomic mass is 9.99. The van der Waals surface area contributed by atoms with Crippen molar-refractivity contribution in [2.75, 3.05) is 32.2 Å². The topological polar surface area (TPSA) is 50.8 Å². The molecular formula is C25H32N2O3. The van der Waals surface area contributed by atoms with E-state index in [1.54, 1.807) is 26.4 Å². The summed E-state index contributed by atoms with van der Waals surface area (Å²) in [4.78, 5) is 14.8. The average Bonchev–Trinajstić information content (AvgIpc) is 2.77. The summed E-state index contributed by atoms with van der Waals surface area (Å²) in [6.07, 6.45) is 5.88. The molecule has 2 unspecified atom stereocenters. The fraction of sp³-hybridized carbons (Fsp3) is 0.400. The summed E-state index contributed by atoms with van der Waals surface area (Å²) in [5.74, 6) is 1.91. The van der Waals surface area contributed by atoms with Crippen molar-refractivity contribution in [2.24, 2.45) is 5.92 Å². The molecule has 5 heteroatoms. The number of carbonyl (C=O) groups is 1. The lowest BCUT2D eigenvalue weighted by Gasteiger charge is -2.33. The van der Waals surface area contributed by atoms with Crippen LogP contribution in [0.25, 0.3) is 6.08 Å². The summed E-state index contributed by atoms with van der Waals surface area (Å²) in [5, 5.41) is 3.03. The highest BCUT2D eigenvalue weighted by Gasteiger charge is 2.17. The zero-order valence-corrected chi connectivity index (χ0v) is 18.4. The number of amides is 1. The van der Waals surface area contributed by atoms with E-state index in [1.165, 1.54) is 18.5 Å². The molecule has 0 spiro atoms. The molecule has 1 saturated heterocycles. The maximum absolute atomic E-state index is 12.4. The van der Waals surface area contributed by atoms with Crippen molar-refractivity contribution in [3.63, 3.8) is 0 Å². The number of nitrogens with one attached hydrogen (secondary N) is 1. The number of benzene rings is 2. The number of hydrogen-bond acceptors (Lipinski definition) is 4. The smallest absolute Gasteiger partial charge is 0.244 e. The molecule has 1 fully saturated rings. The van der Waals surface area contributed by atoms with Gasteiger partial charge in [-0.05, 0) is 67.2 Å². The Morgan fingerprint density at radius 1 is 1.13 bits per heavy atom. The summed E-state index contributed by atoms with van der Waals surface area (Å²) < 4.78 is 10.5. The molecule has 30 heavy (non-hydrogen) atoms. The van der Waals surface area contributed by atoms with Gasteiger partial charge in [-0.25, -0.2) is 0 Å². The first-order valence-corrected chi connectivity index (χ1v) is 10.6. The molecular weight excluding hydrogens is 376 g/mol. The Morgan fingerprint density at radius 3 is 2.53 bits per heavy atom. The van der Waals surface area contributed by atoms with Gasteiger partial charge in [0.15, 0.2) is 11.5 Å². The van der Waals surface area contributed by atoms with Crippen molar-refractivity contribution in [3.05, 3.63) is 59.7 Å². The van der Waals surface area contributed by atoms with Gasteiger partial charge in [-0.1, -0.05) is 25.1 Å². The number of methoxy groups -OCH3 is 2. The fourth-order valence-electron chi connectivity index (χ4n) is 3.87. The van der Waals surface area contributed by atoms with E-state index in [9.17, 15) is 4.79 Å². The molecule has 0 radical (unpaired) electrons. The average molecular weight is 409 g/mol. The van der Waals surface area contributed by atoms with Crippen LogP contribution in [0.1, 0.15) is 43.9 Å². The van der Waals surface area contributed by atoms with Crippen LogP contribution in [0.5, 0.6) is 11.5 Å². The van der Waals surface area contributed by atoms with Gasteiger partial charge in [-0.3, -0.25) is 4.79 Å². The predicted molar refractivity (Wildman–Crippen MR) is 122 cm³/mol. The van der Waals surface area contributed by atoms with E-state index in [1.807, 2.05) is 25.1 Å². The highest BCUT2D eigenvalue weighted by atomic mass is 16.5. The van der Waals surface area contributed by atoms with Crippen molar-refractivity contribution < 1.29 is 14.3 Å². The molecule has 0 aromatic heterocycles. The summed E-state index contributed by atoms with van der Waals surface area (Å²) in [6, 6.07) is 14.0. The molecule has 3 rings (SSSR count). The Balaban J connectivity index is 1.58. The van der Waals surface area contributed by atoms with Crippen LogP contribution >= 0.6 is 0 Å². The minimum absolute atomic E-state index is 0.0677. The second-order valence-electron chi connectivity index (χ2n) is 7.96. The highest BCUT2D eigenvalue weighted by Crippen LogP contribution is 2.28.